The second kappa shape index (κ2) is 5.34. The number of benzene rings is 1. The highest BCUT2D eigenvalue weighted by atomic mass is 16.3. The van der Waals surface area contributed by atoms with Crippen LogP contribution in [-0.2, 0) is 0 Å². The SMILES string of the molecule is CC(C)C(C)CNC(=O)c1cc2cc(N)ccc2o1. The molecule has 1 amide bonds. The maximum absolute atomic E-state index is 12.0. The van der Waals surface area contributed by atoms with Crippen molar-refractivity contribution in [1.82, 2.24) is 5.32 Å². The average molecular weight is 260 g/mol. The van der Waals surface area contributed by atoms with E-state index in [1.54, 1.807) is 24.3 Å². The summed E-state index contributed by atoms with van der Waals surface area (Å²) in [5.41, 5.74) is 7.04. The Morgan fingerprint density at radius 3 is 2.74 bits per heavy atom. The largest absolute Gasteiger partial charge is 0.451 e. The molecular formula is C15H20N2O2. The monoisotopic (exact) mass is 260 g/mol. The Hall–Kier alpha value is -1.97. The van der Waals surface area contributed by atoms with E-state index in [1.807, 2.05) is 0 Å². The first-order valence-corrected chi connectivity index (χ1v) is 6.54. The van der Waals surface area contributed by atoms with Crippen molar-refractivity contribution >= 4 is 22.6 Å². The Bertz CT molecular complexity index is 587. The molecule has 0 spiro atoms. The summed E-state index contributed by atoms with van der Waals surface area (Å²) in [5, 5.41) is 3.74. The van der Waals surface area contributed by atoms with Gasteiger partial charge in [0.15, 0.2) is 5.76 Å². The molecule has 3 N–H and O–H groups in total. The number of furan rings is 1. The molecule has 0 radical (unpaired) electrons. The topological polar surface area (TPSA) is 68.3 Å². The first-order valence-electron chi connectivity index (χ1n) is 6.54. The van der Waals surface area contributed by atoms with Gasteiger partial charge in [-0.3, -0.25) is 4.79 Å². The van der Waals surface area contributed by atoms with Gasteiger partial charge in [-0.1, -0.05) is 20.8 Å². The molecule has 1 atom stereocenters. The summed E-state index contributed by atoms with van der Waals surface area (Å²) in [6.07, 6.45) is 0. The van der Waals surface area contributed by atoms with Gasteiger partial charge in [-0.15, -0.1) is 0 Å². The van der Waals surface area contributed by atoms with Crippen LogP contribution in [0.15, 0.2) is 28.7 Å². The highest BCUT2D eigenvalue weighted by Crippen LogP contribution is 2.21. The van der Waals surface area contributed by atoms with Crippen molar-refractivity contribution < 1.29 is 9.21 Å². The minimum Gasteiger partial charge on any atom is -0.451 e. The summed E-state index contributed by atoms with van der Waals surface area (Å²) in [6, 6.07) is 7.06. The van der Waals surface area contributed by atoms with Crippen molar-refractivity contribution in [2.75, 3.05) is 12.3 Å². The fourth-order valence-electron chi connectivity index (χ4n) is 1.75. The molecule has 1 aromatic heterocycles. The standard InChI is InChI=1S/C15H20N2O2/c1-9(2)10(3)8-17-15(18)14-7-11-6-12(16)4-5-13(11)19-14/h4-7,9-10H,8,16H2,1-3H3,(H,17,18). The van der Waals surface area contributed by atoms with E-state index in [9.17, 15) is 4.79 Å². The average Bonchev–Trinajstić information content (AvgIpc) is 2.78. The number of carbonyl (C=O) groups excluding carboxylic acids is 1. The quantitative estimate of drug-likeness (QED) is 0.830. The molecule has 102 valence electrons. The third kappa shape index (κ3) is 3.08. The molecule has 0 aliphatic heterocycles. The van der Waals surface area contributed by atoms with Crippen LogP contribution >= 0.6 is 0 Å². The van der Waals surface area contributed by atoms with Crippen molar-refractivity contribution in [3.63, 3.8) is 0 Å². The van der Waals surface area contributed by atoms with E-state index in [0.717, 1.165) is 5.39 Å². The molecule has 1 heterocycles. The van der Waals surface area contributed by atoms with Crippen LogP contribution in [0.25, 0.3) is 11.0 Å². The zero-order valence-electron chi connectivity index (χ0n) is 11.6. The van der Waals surface area contributed by atoms with Gasteiger partial charge in [0.2, 0.25) is 0 Å². The summed E-state index contributed by atoms with van der Waals surface area (Å²) in [6.45, 7) is 7.04. The minimum atomic E-state index is -0.178. The van der Waals surface area contributed by atoms with E-state index < -0.39 is 0 Å². The number of nitrogens with one attached hydrogen (secondary N) is 1. The number of rotatable bonds is 4. The van der Waals surface area contributed by atoms with E-state index in [2.05, 4.69) is 26.1 Å². The molecule has 4 nitrogen and oxygen atoms in total. The van der Waals surface area contributed by atoms with Gasteiger partial charge in [-0.05, 0) is 36.1 Å². The fraction of sp³-hybridized carbons (Fsp3) is 0.400. The van der Waals surface area contributed by atoms with E-state index in [1.165, 1.54) is 0 Å². The van der Waals surface area contributed by atoms with Crippen LogP contribution in [0.1, 0.15) is 31.3 Å². The van der Waals surface area contributed by atoms with Gasteiger partial charge in [0, 0.05) is 17.6 Å². The van der Waals surface area contributed by atoms with Crippen molar-refractivity contribution in [1.29, 1.82) is 0 Å². The molecule has 2 rings (SSSR count). The number of hydrogen-bond donors (Lipinski definition) is 2. The van der Waals surface area contributed by atoms with Crippen molar-refractivity contribution in [2.24, 2.45) is 11.8 Å². The molecule has 2 aromatic rings. The van der Waals surface area contributed by atoms with Crippen molar-refractivity contribution in [3.8, 4) is 0 Å². The molecule has 0 saturated heterocycles. The summed E-state index contributed by atoms with van der Waals surface area (Å²) in [7, 11) is 0. The highest BCUT2D eigenvalue weighted by molar-refractivity contribution is 5.96. The highest BCUT2D eigenvalue weighted by Gasteiger charge is 2.14. The molecule has 0 aliphatic rings. The second-order valence-corrected chi connectivity index (χ2v) is 5.34. The first-order chi connectivity index (χ1) is 8.97. The molecule has 19 heavy (non-hydrogen) atoms. The Morgan fingerprint density at radius 1 is 1.32 bits per heavy atom. The Labute approximate surface area is 113 Å². The van der Waals surface area contributed by atoms with Gasteiger partial charge in [-0.25, -0.2) is 0 Å². The molecule has 1 unspecified atom stereocenters. The van der Waals surface area contributed by atoms with Crippen molar-refractivity contribution in [2.45, 2.75) is 20.8 Å². The molecule has 0 bridgehead atoms. The van der Waals surface area contributed by atoms with Gasteiger partial charge in [0.05, 0.1) is 0 Å². The summed E-state index contributed by atoms with van der Waals surface area (Å²) in [5.74, 6) is 1.12. The number of hydrogen-bond acceptors (Lipinski definition) is 3. The molecule has 1 aromatic carbocycles. The third-order valence-electron chi connectivity index (χ3n) is 3.49. The number of carbonyl (C=O) groups is 1. The Morgan fingerprint density at radius 2 is 2.05 bits per heavy atom. The van der Waals surface area contributed by atoms with Gasteiger partial charge in [0.25, 0.3) is 5.91 Å². The summed E-state index contributed by atoms with van der Waals surface area (Å²) >= 11 is 0. The summed E-state index contributed by atoms with van der Waals surface area (Å²) < 4.78 is 5.51. The van der Waals surface area contributed by atoms with Crippen LogP contribution in [0.4, 0.5) is 5.69 Å². The van der Waals surface area contributed by atoms with Gasteiger partial charge < -0.3 is 15.5 Å². The number of anilines is 1. The van der Waals surface area contributed by atoms with Crippen LogP contribution in [0.3, 0.4) is 0 Å². The van der Waals surface area contributed by atoms with Crippen LogP contribution in [0.2, 0.25) is 0 Å². The zero-order valence-corrected chi connectivity index (χ0v) is 11.6. The molecule has 0 fully saturated rings. The van der Waals surface area contributed by atoms with E-state index in [4.69, 9.17) is 10.2 Å². The lowest BCUT2D eigenvalue weighted by Crippen LogP contribution is -2.29. The second-order valence-electron chi connectivity index (χ2n) is 5.34. The van der Waals surface area contributed by atoms with E-state index >= 15 is 0 Å². The van der Waals surface area contributed by atoms with E-state index in [0.29, 0.717) is 35.4 Å². The number of amides is 1. The number of nitrogens with two attached hydrogens (primary N) is 1. The normalized spacial score (nSPS) is 12.8. The van der Waals surface area contributed by atoms with Crippen LogP contribution in [-0.4, -0.2) is 12.5 Å². The molecular weight excluding hydrogens is 240 g/mol. The lowest BCUT2D eigenvalue weighted by molar-refractivity contribution is 0.0919. The number of nitrogen functional groups attached to an aromatic ring is 1. The molecule has 4 heteroatoms. The van der Waals surface area contributed by atoms with Gasteiger partial charge in [0.1, 0.15) is 5.58 Å². The predicted molar refractivity (Wildman–Crippen MR) is 77.0 cm³/mol. The molecule has 0 aliphatic carbocycles. The smallest absolute Gasteiger partial charge is 0.287 e. The number of fused-ring (bicyclic) bond motifs is 1. The van der Waals surface area contributed by atoms with Crippen LogP contribution in [0, 0.1) is 11.8 Å². The Kier molecular flexibility index (Phi) is 3.79. The Balaban J connectivity index is 2.09. The van der Waals surface area contributed by atoms with Gasteiger partial charge >= 0.3 is 0 Å². The van der Waals surface area contributed by atoms with Gasteiger partial charge in [-0.2, -0.15) is 0 Å². The maximum atomic E-state index is 12.0. The lowest BCUT2D eigenvalue weighted by Gasteiger charge is -2.15. The molecule has 0 saturated carbocycles. The minimum absolute atomic E-state index is 0.178. The van der Waals surface area contributed by atoms with Crippen molar-refractivity contribution in [3.05, 3.63) is 30.0 Å². The third-order valence-corrected chi connectivity index (χ3v) is 3.49. The summed E-state index contributed by atoms with van der Waals surface area (Å²) in [4.78, 5) is 12.0. The van der Waals surface area contributed by atoms with E-state index in [-0.39, 0.29) is 5.91 Å². The predicted octanol–water partition coefficient (Wildman–Crippen LogP) is 3.04. The first kappa shape index (κ1) is 13.5. The maximum Gasteiger partial charge on any atom is 0.287 e. The van der Waals surface area contributed by atoms with Crippen LogP contribution in [0.5, 0.6) is 0 Å². The fourth-order valence-corrected chi connectivity index (χ4v) is 1.75. The van der Waals surface area contributed by atoms with Crippen LogP contribution < -0.4 is 11.1 Å². The zero-order chi connectivity index (χ0) is 14.0. The lowest BCUT2D eigenvalue weighted by atomic mass is 9.98.